The number of rotatable bonds is 12. The fourth-order valence-electron chi connectivity index (χ4n) is 2.12. The van der Waals surface area contributed by atoms with Crippen molar-refractivity contribution in [2.75, 3.05) is 26.7 Å². The summed E-state index contributed by atoms with van der Waals surface area (Å²) in [5, 5.41) is 2.80. The summed E-state index contributed by atoms with van der Waals surface area (Å²) in [4.78, 5) is 15.0. The topological polar surface area (TPSA) is 123 Å². The van der Waals surface area contributed by atoms with E-state index in [-0.39, 0.29) is 29.8 Å². The molecule has 0 spiro atoms. The summed E-state index contributed by atoms with van der Waals surface area (Å²) < 4.78 is 44.7. The van der Waals surface area contributed by atoms with E-state index in [0.717, 1.165) is 6.20 Å². The van der Waals surface area contributed by atoms with Crippen molar-refractivity contribution in [3.05, 3.63) is 30.2 Å². The number of aromatic nitrogens is 1. The molecule has 0 aromatic carbocycles. The molecular weight excluding hydrogens is 363 g/mol. The average molecular weight is 388 g/mol. The molecule has 0 saturated carbocycles. The van der Waals surface area contributed by atoms with Crippen molar-refractivity contribution in [3.8, 4) is 5.88 Å². The number of carbonyl (C=O) groups excluding carboxylic acids is 1. The Morgan fingerprint density at radius 3 is 2.69 bits per heavy atom. The minimum Gasteiger partial charge on any atom is -0.473 e. The Kier molecular flexibility index (Phi) is 9.17. The van der Waals surface area contributed by atoms with Gasteiger partial charge in [-0.1, -0.05) is 6.92 Å². The Labute approximate surface area is 153 Å². The molecule has 0 bridgehead atoms. The molecule has 1 amide bonds. The van der Waals surface area contributed by atoms with Gasteiger partial charge in [-0.2, -0.15) is 0 Å². The van der Waals surface area contributed by atoms with Crippen molar-refractivity contribution >= 4 is 15.9 Å². The third-order valence-electron chi connectivity index (χ3n) is 3.66. The maximum atomic E-state index is 12.6. The molecule has 1 heterocycles. The summed E-state index contributed by atoms with van der Waals surface area (Å²) in [6.45, 7) is 2.24. The molecule has 1 aromatic rings. The minimum atomic E-state index is -3.75. The molecule has 0 aliphatic carbocycles. The predicted molar refractivity (Wildman–Crippen MR) is 95.6 cm³/mol. The number of nitrogens with one attached hydrogen (secondary N) is 2. The minimum absolute atomic E-state index is 0.000209. The van der Waals surface area contributed by atoms with Crippen LogP contribution in [0.25, 0.3) is 0 Å². The number of ether oxygens (including phenoxy) is 1. The van der Waals surface area contributed by atoms with Crippen LogP contribution in [0, 0.1) is 5.92 Å². The second-order valence-corrected chi connectivity index (χ2v) is 7.38. The predicted octanol–water partition coefficient (Wildman–Crippen LogP) is 0.713. The number of amides is 1. The average Bonchev–Trinajstić information content (AvgIpc) is 2.62. The van der Waals surface area contributed by atoms with Crippen LogP contribution in [0.15, 0.2) is 35.1 Å². The normalized spacial score (nSPS) is 13.4. The van der Waals surface area contributed by atoms with Gasteiger partial charge in [-0.15, -0.1) is 0 Å². The van der Waals surface area contributed by atoms with E-state index in [9.17, 15) is 17.6 Å². The van der Waals surface area contributed by atoms with Gasteiger partial charge in [0, 0.05) is 30.6 Å². The summed E-state index contributed by atoms with van der Waals surface area (Å²) in [6, 6.07) is 2.73. The highest BCUT2D eigenvalue weighted by Crippen LogP contribution is 2.14. The standard InChI is InChI=1S/C16H25FN4O4S/c1-3-13(16(18)22)6-7-21-26(23,24)14-4-5-15(20-10-14)25-11-12(8-17)9-19-2/h4-5,8,10,13,19,21H,3,6-7,9,11H2,1-2H3,(H2,18,22)/b12-8+/t13-/m0/s1. The second-order valence-electron chi connectivity index (χ2n) is 5.61. The summed E-state index contributed by atoms with van der Waals surface area (Å²) in [5.74, 6) is -0.643. The number of hydrogen-bond donors (Lipinski definition) is 3. The van der Waals surface area contributed by atoms with Crippen molar-refractivity contribution in [2.24, 2.45) is 11.7 Å². The SMILES string of the molecule is CC[C@@H](CCNS(=O)(=O)c1ccc(OC/C(=C/F)CNC)nc1)C(N)=O. The number of nitrogens with two attached hydrogens (primary N) is 1. The maximum absolute atomic E-state index is 12.6. The highest BCUT2D eigenvalue weighted by molar-refractivity contribution is 7.89. The quantitative estimate of drug-likeness (QED) is 0.485. The van der Waals surface area contributed by atoms with Crippen LogP contribution in [0.2, 0.25) is 0 Å². The Morgan fingerprint density at radius 1 is 1.46 bits per heavy atom. The van der Waals surface area contributed by atoms with E-state index in [1.54, 1.807) is 7.05 Å². The molecule has 0 aliphatic heterocycles. The van der Waals surface area contributed by atoms with Gasteiger partial charge in [-0.05, 0) is 26.0 Å². The number of carbonyl (C=O) groups is 1. The van der Waals surface area contributed by atoms with E-state index in [2.05, 4.69) is 15.0 Å². The van der Waals surface area contributed by atoms with Crippen LogP contribution in [-0.4, -0.2) is 46.1 Å². The molecule has 1 atom stereocenters. The fraction of sp³-hybridized carbons (Fsp3) is 0.500. The molecular formula is C16H25FN4O4S. The first-order chi connectivity index (χ1) is 12.3. The largest absolute Gasteiger partial charge is 0.473 e. The lowest BCUT2D eigenvalue weighted by Gasteiger charge is -2.12. The first-order valence-corrected chi connectivity index (χ1v) is 9.62. The summed E-state index contributed by atoms with van der Waals surface area (Å²) in [6.07, 6.45) is 2.48. The number of halogens is 1. The zero-order valence-electron chi connectivity index (χ0n) is 14.9. The Morgan fingerprint density at radius 2 is 2.19 bits per heavy atom. The molecule has 10 heteroatoms. The van der Waals surface area contributed by atoms with Crippen LogP contribution in [0.1, 0.15) is 19.8 Å². The number of hydrogen-bond acceptors (Lipinski definition) is 6. The van der Waals surface area contributed by atoms with Crippen molar-refractivity contribution in [1.82, 2.24) is 15.0 Å². The zero-order chi connectivity index (χ0) is 19.6. The third-order valence-corrected chi connectivity index (χ3v) is 5.11. The summed E-state index contributed by atoms with van der Waals surface area (Å²) in [5.41, 5.74) is 5.63. The molecule has 1 aromatic heterocycles. The molecule has 0 fully saturated rings. The van der Waals surface area contributed by atoms with Gasteiger partial charge < -0.3 is 15.8 Å². The molecule has 0 aliphatic rings. The second kappa shape index (κ2) is 10.8. The van der Waals surface area contributed by atoms with Crippen LogP contribution in [0.3, 0.4) is 0 Å². The van der Waals surface area contributed by atoms with E-state index in [1.807, 2.05) is 6.92 Å². The van der Waals surface area contributed by atoms with Gasteiger partial charge in [0.15, 0.2) is 0 Å². The summed E-state index contributed by atoms with van der Waals surface area (Å²) in [7, 11) is -2.07. The molecule has 0 radical (unpaired) electrons. The van der Waals surface area contributed by atoms with Gasteiger partial charge in [-0.25, -0.2) is 22.5 Å². The molecule has 4 N–H and O–H groups in total. The zero-order valence-corrected chi connectivity index (χ0v) is 15.7. The lowest BCUT2D eigenvalue weighted by molar-refractivity contribution is -0.122. The Balaban J connectivity index is 2.61. The lowest BCUT2D eigenvalue weighted by atomic mass is 10.0. The number of likely N-dealkylation sites (N-methyl/N-ethyl adjacent to an activating group) is 1. The van der Waals surface area contributed by atoms with Gasteiger partial charge in [0.2, 0.25) is 21.8 Å². The smallest absolute Gasteiger partial charge is 0.242 e. The molecule has 26 heavy (non-hydrogen) atoms. The monoisotopic (exact) mass is 388 g/mol. The third kappa shape index (κ3) is 7.06. The van der Waals surface area contributed by atoms with Crippen LogP contribution in [0.5, 0.6) is 5.88 Å². The highest BCUT2D eigenvalue weighted by atomic mass is 32.2. The van der Waals surface area contributed by atoms with Crippen LogP contribution >= 0.6 is 0 Å². The van der Waals surface area contributed by atoms with Gasteiger partial charge in [0.05, 0.1) is 12.5 Å². The first kappa shape index (κ1) is 22.0. The van der Waals surface area contributed by atoms with Gasteiger partial charge >= 0.3 is 0 Å². The number of pyridine rings is 1. The van der Waals surface area contributed by atoms with Crippen molar-refractivity contribution in [3.63, 3.8) is 0 Å². The van der Waals surface area contributed by atoms with E-state index in [4.69, 9.17) is 10.5 Å². The molecule has 8 nitrogen and oxygen atoms in total. The first-order valence-electron chi connectivity index (χ1n) is 8.14. The van der Waals surface area contributed by atoms with E-state index in [0.29, 0.717) is 31.3 Å². The van der Waals surface area contributed by atoms with Crippen LogP contribution in [-0.2, 0) is 14.8 Å². The maximum Gasteiger partial charge on any atom is 0.242 e. The van der Waals surface area contributed by atoms with Gasteiger partial charge in [-0.3, -0.25) is 4.79 Å². The van der Waals surface area contributed by atoms with Crippen molar-refractivity contribution < 1.29 is 22.3 Å². The number of sulfonamides is 1. The van der Waals surface area contributed by atoms with Crippen LogP contribution in [0.4, 0.5) is 4.39 Å². The van der Waals surface area contributed by atoms with Crippen molar-refractivity contribution in [1.29, 1.82) is 0 Å². The van der Waals surface area contributed by atoms with E-state index in [1.165, 1.54) is 12.1 Å². The molecule has 146 valence electrons. The number of nitrogens with zero attached hydrogens (tertiary/aromatic N) is 1. The van der Waals surface area contributed by atoms with Crippen LogP contribution < -0.4 is 20.5 Å². The Hall–Kier alpha value is -2.04. The number of primary amides is 1. The fourth-order valence-corrected chi connectivity index (χ4v) is 3.12. The molecule has 0 saturated heterocycles. The van der Waals surface area contributed by atoms with E-state index >= 15 is 0 Å². The Bertz CT molecular complexity index is 707. The van der Waals surface area contributed by atoms with Crippen molar-refractivity contribution in [2.45, 2.75) is 24.7 Å². The molecule has 1 rings (SSSR count). The van der Waals surface area contributed by atoms with Gasteiger partial charge in [0.1, 0.15) is 11.5 Å². The van der Waals surface area contributed by atoms with Gasteiger partial charge in [0.25, 0.3) is 0 Å². The van der Waals surface area contributed by atoms with E-state index < -0.39 is 15.9 Å². The summed E-state index contributed by atoms with van der Waals surface area (Å²) >= 11 is 0. The highest BCUT2D eigenvalue weighted by Gasteiger charge is 2.17. The molecule has 0 unspecified atom stereocenters. The lowest BCUT2D eigenvalue weighted by Crippen LogP contribution is -2.30.